The second-order valence-corrected chi connectivity index (χ2v) is 19.3. The number of benzene rings is 8. The average Bonchev–Trinajstić information content (AvgIpc) is 3.88. The summed E-state index contributed by atoms with van der Waals surface area (Å²) in [5.41, 5.74) is 21.7. The van der Waals surface area contributed by atoms with Crippen molar-refractivity contribution in [2.75, 3.05) is 4.90 Å². The van der Waals surface area contributed by atoms with E-state index in [1.54, 1.807) is 0 Å². The molecule has 8 heterocycles. The Kier molecular flexibility index (Phi) is 6.52. The molecule has 0 saturated carbocycles. The maximum absolute atomic E-state index is 7.24. The number of para-hydroxylation sites is 2. The predicted molar refractivity (Wildman–Crippen MR) is 267 cm³/mol. The molecule has 1 unspecified atom stereocenters. The minimum absolute atomic E-state index is 0.287. The third-order valence-corrected chi connectivity index (χ3v) is 15.7. The van der Waals surface area contributed by atoms with Crippen LogP contribution in [0.2, 0.25) is 0 Å². The molecule has 5 aliphatic rings. The zero-order chi connectivity index (χ0) is 43.9. The first-order valence-corrected chi connectivity index (χ1v) is 23.3. The van der Waals surface area contributed by atoms with E-state index in [0.29, 0.717) is 0 Å². The fourth-order valence-corrected chi connectivity index (χ4v) is 12.8. The quantitative estimate of drug-likeness (QED) is 0.165. The monoisotopic (exact) mass is 856 g/mol. The van der Waals surface area contributed by atoms with Crippen molar-refractivity contribution in [3.63, 3.8) is 0 Å². The Labute approximate surface area is 387 Å². The van der Waals surface area contributed by atoms with Crippen molar-refractivity contribution in [3.05, 3.63) is 229 Å². The molecule has 0 bridgehead atoms. The molecule has 3 aromatic heterocycles. The molecule has 0 saturated heterocycles. The first kappa shape index (κ1) is 35.8. The Morgan fingerprint density at radius 2 is 1.04 bits per heavy atom. The van der Waals surface area contributed by atoms with Gasteiger partial charge in [0.2, 0.25) is 0 Å². The van der Waals surface area contributed by atoms with Crippen LogP contribution < -0.4 is 18.8 Å². The van der Waals surface area contributed by atoms with Gasteiger partial charge in [0.1, 0.15) is 39.5 Å². The Morgan fingerprint density at radius 3 is 1.79 bits per heavy atom. The van der Waals surface area contributed by atoms with Crippen LogP contribution in [0.1, 0.15) is 36.1 Å². The lowest BCUT2D eigenvalue weighted by Gasteiger charge is -2.46. The normalized spacial score (nSPS) is 16.5. The molecular formula is C62H40N4O+2. The number of nitrogens with zero attached hydrogens (tertiary/aromatic N) is 4. The number of anilines is 3. The molecule has 16 rings (SSSR count). The van der Waals surface area contributed by atoms with Crippen LogP contribution in [0.3, 0.4) is 0 Å². The summed E-state index contributed by atoms with van der Waals surface area (Å²) in [6.45, 7) is 4.78. The third kappa shape index (κ3) is 4.23. The smallest absolute Gasteiger partial charge is 0.323 e. The molecule has 0 fully saturated rings. The van der Waals surface area contributed by atoms with Crippen molar-refractivity contribution in [2.45, 2.75) is 24.9 Å². The van der Waals surface area contributed by atoms with Gasteiger partial charge in [-0.2, -0.15) is 18.6 Å². The van der Waals surface area contributed by atoms with E-state index in [0.717, 1.165) is 28.7 Å². The van der Waals surface area contributed by atoms with Crippen LogP contribution in [-0.4, -0.2) is 4.57 Å². The van der Waals surface area contributed by atoms with E-state index >= 15 is 0 Å². The van der Waals surface area contributed by atoms with E-state index in [9.17, 15) is 0 Å². The van der Waals surface area contributed by atoms with Gasteiger partial charge in [-0.3, -0.25) is 0 Å². The van der Waals surface area contributed by atoms with Gasteiger partial charge in [0, 0.05) is 33.6 Å². The maximum atomic E-state index is 7.24. The largest absolute Gasteiger partial charge is 0.456 e. The van der Waals surface area contributed by atoms with Gasteiger partial charge in [0.25, 0.3) is 5.82 Å². The van der Waals surface area contributed by atoms with Crippen LogP contribution >= 0.6 is 0 Å². The molecule has 1 spiro atoms. The van der Waals surface area contributed by atoms with Gasteiger partial charge < -0.3 is 4.74 Å². The van der Waals surface area contributed by atoms with Crippen molar-refractivity contribution in [2.24, 2.45) is 0 Å². The molecule has 1 atom stereocenters. The summed E-state index contributed by atoms with van der Waals surface area (Å²) in [5, 5.41) is 2.47. The number of hydrogen-bond acceptors (Lipinski definition) is 2. The third-order valence-electron chi connectivity index (χ3n) is 15.7. The van der Waals surface area contributed by atoms with Crippen molar-refractivity contribution in [3.8, 4) is 73.1 Å². The Hall–Kier alpha value is -8.54. The standard InChI is InChI=1S/C62H40N4O/c1-61(2)46-19-10-12-21-49(46)64-55-35-43(41-26-24-39(25-27-41)37-14-5-3-6-15-37)34-51-52-36-45(42-30-28-40(29-31-42)38-16-7-4-8-17-38)56-44-18-9-11-20-48(44)63-50-22-13-23-53-57(50)62(65(51)55,66(52)60(56)63)58-54(67-53)33-32-47(61)59(58)64/h3-36H,1-2H3/q+2. The topological polar surface area (TPSA) is 25.2 Å². The number of ether oxygens (including phenoxy) is 1. The molecule has 5 nitrogen and oxygen atoms in total. The summed E-state index contributed by atoms with van der Waals surface area (Å²) in [7, 11) is 0. The van der Waals surface area contributed by atoms with Crippen molar-refractivity contribution in [1.29, 1.82) is 0 Å². The van der Waals surface area contributed by atoms with E-state index in [1.807, 2.05) is 0 Å². The lowest BCUT2D eigenvalue weighted by atomic mass is 9.70. The van der Waals surface area contributed by atoms with Crippen LogP contribution in [0.4, 0.5) is 17.2 Å². The van der Waals surface area contributed by atoms with E-state index in [2.05, 4.69) is 239 Å². The fraction of sp³-hybridized carbons (Fsp3) is 0.0645. The summed E-state index contributed by atoms with van der Waals surface area (Å²) in [6.07, 6.45) is 0. The lowest BCUT2D eigenvalue weighted by Crippen LogP contribution is -2.75. The van der Waals surface area contributed by atoms with Crippen LogP contribution in [0.5, 0.6) is 11.5 Å². The van der Waals surface area contributed by atoms with Gasteiger partial charge in [-0.25, -0.2) is 0 Å². The SMILES string of the molecule is CC1(C)c2ccccc2N2c3c1ccc1c3C34c5c(cccc5-n5c6ccccc6c6c(-c7ccc(-c8ccccc8)cc7)cc([n+]3c65)-c3cc(-c5ccc(-c6ccccc6)cc5)cc2[n+]34)O1. The van der Waals surface area contributed by atoms with Crippen molar-refractivity contribution in [1.82, 2.24) is 4.57 Å². The average molecular weight is 857 g/mol. The van der Waals surface area contributed by atoms with Crippen LogP contribution in [0, 0.1) is 0 Å². The highest BCUT2D eigenvalue weighted by Crippen LogP contribution is 2.64. The summed E-state index contributed by atoms with van der Waals surface area (Å²) in [4.78, 5) is 2.57. The minimum atomic E-state index is -0.808. The van der Waals surface area contributed by atoms with Crippen LogP contribution in [0.25, 0.3) is 83.5 Å². The minimum Gasteiger partial charge on any atom is -0.456 e. The summed E-state index contributed by atoms with van der Waals surface area (Å²) < 4.78 is 15.2. The number of pyridine rings is 2. The molecule has 5 heteroatoms. The fourth-order valence-electron chi connectivity index (χ4n) is 12.8. The summed E-state index contributed by atoms with van der Waals surface area (Å²) in [6, 6.07) is 76.4. The Morgan fingerprint density at radius 1 is 0.448 bits per heavy atom. The van der Waals surface area contributed by atoms with Gasteiger partial charge in [-0.1, -0.05) is 166 Å². The van der Waals surface area contributed by atoms with Crippen LogP contribution in [0.15, 0.2) is 206 Å². The molecule has 0 radical (unpaired) electrons. The molecule has 0 N–H and O–H groups in total. The molecular weight excluding hydrogens is 817 g/mol. The molecule has 67 heavy (non-hydrogen) atoms. The van der Waals surface area contributed by atoms with Crippen LogP contribution in [-0.2, 0) is 11.1 Å². The Bertz CT molecular complexity index is 4020. The highest BCUT2D eigenvalue weighted by atomic mass is 16.5. The second-order valence-electron chi connectivity index (χ2n) is 19.3. The summed E-state index contributed by atoms with van der Waals surface area (Å²) in [5.74, 6) is 2.91. The second kappa shape index (κ2) is 12.2. The van der Waals surface area contributed by atoms with Crippen molar-refractivity contribution < 1.29 is 13.9 Å². The van der Waals surface area contributed by atoms with Gasteiger partial charge in [0.05, 0.1) is 5.39 Å². The molecule has 0 amide bonds. The maximum Gasteiger partial charge on any atom is 0.323 e. The van der Waals surface area contributed by atoms with E-state index < -0.39 is 5.66 Å². The number of fused-ring (bicyclic) bond motifs is 8. The van der Waals surface area contributed by atoms with Gasteiger partial charge in [-0.05, 0) is 87.5 Å². The summed E-state index contributed by atoms with van der Waals surface area (Å²) >= 11 is 0. The van der Waals surface area contributed by atoms with E-state index in [4.69, 9.17) is 4.74 Å². The number of aromatic nitrogens is 3. The first-order chi connectivity index (χ1) is 33.0. The van der Waals surface area contributed by atoms with E-state index in [1.165, 1.54) is 106 Å². The highest BCUT2D eigenvalue weighted by molar-refractivity contribution is 6.15. The Balaban J connectivity index is 1.09. The lowest BCUT2D eigenvalue weighted by molar-refractivity contribution is -0.925. The molecule has 0 aliphatic carbocycles. The molecule has 5 aliphatic heterocycles. The number of rotatable bonds is 4. The molecule has 312 valence electrons. The first-order valence-electron chi connectivity index (χ1n) is 23.3. The van der Waals surface area contributed by atoms with Gasteiger partial charge >= 0.3 is 11.3 Å². The molecule has 8 aromatic carbocycles. The molecule has 11 aromatic rings. The zero-order valence-electron chi connectivity index (χ0n) is 36.8. The number of hydrogen-bond donors (Lipinski definition) is 0. The van der Waals surface area contributed by atoms with Gasteiger partial charge in [-0.15, -0.1) is 0 Å². The van der Waals surface area contributed by atoms with Gasteiger partial charge in [0.15, 0.2) is 17.1 Å². The highest BCUT2D eigenvalue weighted by Gasteiger charge is 2.71. The van der Waals surface area contributed by atoms with Crippen molar-refractivity contribution >= 4 is 39.1 Å². The van der Waals surface area contributed by atoms with E-state index in [-0.39, 0.29) is 5.41 Å². The predicted octanol–water partition coefficient (Wildman–Crippen LogP) is 14.1. The zero-order valence-corrected chi connectivity index (χ0v) is 36.8.